The Labute approximate surface area is 310 Å². The third kappa shape index (κ3) is 31.1. The fourth-order valence-electron chi connectivity index (χ4n) is 6.91. The molecule has 6 nitrogen and oxygen atoms in total. The van der Waals surface area contributed by atoms with Gasteiger partial charge in [0, 0.05) is 39.0 Å². The Morgan fingerprint density at radius 1 is 0.520 bits per heavy atom. The lowest BCUT2D eigenvalue weighted by Crippen LogP contribution is -2.44. The fraction of sp³-hybridized carbons (Fsp3) is 0.864. The minimum Gasteiger partial charge on any atom is -0.461 e. The minimum absolute atomic E-state index is 0.0477. The molecule has 0 aliphatic carbocycles. The van der Waals surface area contributed by atoms with Crippen molar-refractivity contribution in [1.82, 2.24) is 9.80 Å². The summed E-state index contributed by atoms with van der Waals surface area (Å²) in [5.74, 6) is 0.744. The summed E-state index contributed by atoms with van der Waals surface area (Å²) in [6, 6.07) is 0. The molecule has 1 rings (SSSR count). The Balaban J connectivity index is 2.17. The summed E-state index contributed by atoms with van der Waals surface area (Å²) < 4.78 is 10.8. The molecule has 292 valence electrons. The average Bonchev–Trinajstić information content (AvgIpc) is 3.11. The van der Waals surface area contributed by atoms with Gasteiger partial charge in [0.15, 0.2) is 0 Å². The second-order valence-electron chi connectivity index (χ2n) is 15.1. The van der Waals surface area contributed by atoms with Gasteiger partial charge in [-0.25, -0.2) is 0 Å². The van der Waals surface area contributed by atoms with Gasteiger partial charge in [-0.1, -0.05) is 154 Å². The first-order valence-corrected chi connectivity index (χ1v) is 21.6. The van der Waals surface area contributed by atoms with Crippen LogP contribution in [0, 0.1) is 5.92 Å². The molecule has 0 N–H and O–H groups in total. The van der Waals surface area contributed by atoms with Gasteiger partial charge in [-0.15, -0.1) is 0 Å². The zero-order valence-corrected chi connectivity index (χ0v) is 33.5. The van der Waals surface area contributed by atoms with Crippen LogP contribution in [0.3, 0.4) is 0 Å². The van der Waals surface area contributed by atoms with Crippen molar-refractivity contribution in [3.8, 4) is 0 Å². The third-order valence-corrected chi connectivity index (χ3v) is 10.4. The molecule has 1 heterocycles. The second kappa shape index (κ2) is 35.7. The summed E-state index contributed by atoms with van der Waals surface area (Å²) in [5, 5.41) is 0. The number of esters is 2. The zero-order chi connectivity index (χ0) is 36.2. The molecule has 1 aliphatic rings. The number of piperazine rings is 1. The number of allylic oxidation sites excluding steroid dienone is 2. The predicted octanol–water partition coefficient (Wildman–Crippen LogP) is 11.6. The van der Waals surface area contributed by atoms with E-state index in [9.17, 15) is 9.59 Å². The normalized spacial score (nSPS) is 14.4. The maximum atomic E-state index is 12.1. The van der Waals surface area contributed by atoms with Gasteiger partial charge in [-0.2, -0.15) is 0 Å². The van der Waals surface area contributed by atoms with Crippen molar-refractivity contribution in [2.45, 2.75) is 187 Å². The van der Waals surface area contributed by atoms with Crippen molar-refractivity contribution in [3.63, 3.8) is 0 Å². The highest BCUT2D eigenvalue weighted by Crippen LogP contribution is 2.24. The first-order valence-electron chi connectivity index (χ1n) is 21.6. The van der Waals surface area contributed by atoms with E-state index in [0.29, 0.717) is 26.1 Å². The first-order chi connectivity index (χ1) is 24.5. The zero-order valence-electron chi connectivity index (χ0n) is 33.5. The summed E-state index contributed by atoms with van der Waals surface area (Å²) in [4.78, 5) is 29.2. The smallest absolute Gasteiger partial charge is 0.306 e. The SMILES string of the molecule is CCCCCC/C=C/COC(=O)CCCCCCCC(CCCCCCCC(=O)OC/C=C/CCCCCC)CCCCN1CCN(C)CC1. The van der Waals surface area contributed by atoms with Crippen molar-refractivity contribution in [1.29, 1.82) is 0 Å². The molecule has 6 heteroatoms. The number of nitrogens with zero attached hydrogens (tertiary/aromatic N) is 2. The highest BCUT2D eigenvalue weighted by molar-refractivity contribution is 5.69. The van der Waals surface area contributed by atoms with Crippen molar-refractivity contribution in [2.24, 2.45) is 5.92 Å². The summed E-state index contributed by atoms with van der Waals surface area (Å²) in [6.45, 7) is 11.4. The van der Waals surface area contributed by atoms with Crippen LogP contribution in [0.25, 0.3) is 0 Å². The van der Waals surface area contributed by atoms with Crippen LogP contribution in [-0.4, -0.2) is 74.7 Å². The average molecular weight is 703 g/mol. The van der Waals surface area contributed by atoms with E-state index in [-0.39, 0.29) is 11.9 Å². The fourth-order valence-corrected chi connectivity index (χ4v) is 6.91. The van der Waals surface area contributed by atoms with Crippen LogP contribution in [0.5, 0.6) is 0 Å². The number of carbonyl (C=O) groups is 2. The number of likely N-dealkylation sites (N-methyl/N-ethyl adjacent to an activating group) is 1. The maximum absolute atomic E-state index is 12.1. The molecule has 0 aromatic carbocycles. The van der Waals surface area contributed by atoms with Crippen LogP contribution in [0.4, 0.5) is 0 Å². The number of carbonyl (C=O) groups excluding carboxylic acids is 2. The van der Waals surface area contributed by atoms with Crippen molar-refractivity contribution < 1.29 is 19.1 Å². The Morgan fingerprint density at radius 2 is 0.940 bits per heavy atom. The Kier molecular flexibility index (Phi) is 33.1. The van der Waals surface area contributed by atoms with Crippen LogP contribution in [0.15, 0.2) is 24.3 Å². The van der Waals surface area contributed by atoms with Crippen molar-refractivity contribution >= 4 is 11.9 Å². The van der Waals surface area contributed by atoms with Gasteiger partial charge in [-0.3, -0.25) is 9.59 Å². The summed E-state index contributed by atoms with van der Waals surface area (Å²) >= 11 is 0. The second-order valence-corrected chi connectivity index (χ2v) is 15.1. The Bertz CT molecular complexity index is 769. The van der Waals surface area contributed by atoms with Crippen LogP contribution >= 0.6 is 0 Å². The maximum Gasteiger partial charge on any atom is 0.306 e. The molecule has 0 atom stereocenters. The van der Waals surface area contributed by atoms with Crippen LogP contribution in [0.1, 0.15) is 187 Å². The molecule has 0 bridgehead atoms. The van der Waals surface area contributed by atoms with Gasteiger partial charge in [-0.05, 0) is 64.5 Å². The van der Waals surface area contributed by atoms with E-state index in [1.807, 2.05) is 12.2 Å². The van der Waals surface area contributed by atoms with E-state index < -0.39 is 0 Å². The summed E-state index contributed by atoms with van der Waals surface area (Å²) in [7, 11) is 2.23. The molecule has 0 unspecified atom stereocenters. The largest absolute Gasteiger partial charge is 0.461 e. The van der Waals surface area contributed by atoms with E-state index in [2.05, 4.69) is 42.8 Å². The van der Waals surface area contributed by atoms with E-state index in [0.717, 1.165) is 44.4 Å². The Morgan fingerprint density at radius 3 is 1.42 bits per heavy atom. The van der Waals surface area contributed by atoms with Gasteiger partial charge in [0.2, 0.25) is 0 Å². The van der Waals surface area contributed by atoms with E-state index in [1.54, 1.807) is 0 Å². The predicted molar refractivity (Wildman–Crippen MR) is 214 cm³/mol. The molecule has 0 radical (unpaired) electrons. The lowest BCUT2D eigenvalue weighted by molar-refractivity contribution is -0.143. The number of unbranched alkanes of at least 4 members (excludes halogenated alkanes) is 17. The molecule has 0 amide bonds. The summed E-state index contributed by atoms with van der Waals surface area (Å²) in [5.41, 5.74) is 0. The van der Waals surface area contributed by atoms with E-state index >= 15 is 0 Å². The van der Waals surface area contributed by atoms with Crippen molar-refractivity contribution in [2.75, 3.05) is 53.0 Å². The number of hydrogen-bond acceptors (Lipinski definition) is 6. The van der Waals surface area contributed by atoms with Crippen LogP contribution < -0.4 is 0 Å². The molecule has 0 spiro atoms. The molecule has 1 aliphatic heterocycles. The molecule has 0 saturated carbocycles. The van der Waals surface area contributed by atoms with Gasteiger partial charge in [0.05, 0.1) is 0 Å². The number of hydrogen-bond donors (Lipinski definition) is 0. The van der Waals surface area contributed by atoms with E-state index in [4.69, 9.17) is 9.47 Å². The highest BCUT2D eigenvalue weighted by atomic mass is 16.5. The highest BCUT2D eigenvalue weighted by Gasteiger charge is 2.14. The first kappa shape index (κ1) is 46.4. The molecule has 1 saturated heterocycles. The van der Waals surface area contributed by atoms with Crippen LogP contribution in [0.2, 0.25) is 0 Å². The van der Waals surface area contributed by atoms with Gasteiger partial charge in [0.25, 0.3) is 0 Å². The molecule has 0 aromatic rings. The lowest BCUT2D eigenvalue weighted by Gasteiger charge is -2.32. The van der Waals surface area contributed by atoms with Gasteiger partial charge < -0.3 is 19.3 Å². The molecular weight excluding hydrogens is 620 g/mol. The lowest BCUT2D eigenvalue weighted by atomic mass is 9.90. The van der Waals surface area contributed by atoms with Gasteiger partial charge >= 0.3 is 11.9 Å². The number of ether oxygens (including phenoxy) is 2. The minimum atomic E-state index is -0.0477. The topological polar surface area (TPSA) is 59.1 Å². The standard InChI is InChI=1S/C44H82N2O4/c1-4-6-8-10-12-20-28-40-49-43(47)33-24-18-14-16-22-30-42(32-26-27-35-46-38-36-45(3)37-39-46)31-23-17-15-19-25-34-44(48)50-41-29-21-13-11-9-7-5-2/h20-21,28-29,42H,4-19,22-27,30-41H2,1-3H3/b28-20+,29-21+. The summed E-state index contributed by atoms with van der Waals surface area (Å²) in [6.07, 6.45) is 40.3. The molecule has 0 aromatic heterocycles. The third-order valence-electron chi connectivity index (χ3n) is 10.4. The van der Waals surface area contributed by atoms with Crippen LogP contribution in [-0.2, 0) is 19.1 Å². The quantitative estimate of drug-likeness (QED) is 0.0372. The van der Waals surface area contributed by atoms with Crippen molar-refractivity contribution in [3.05, 3.63) is 24.3 Å². The number of rotatable bonds is 35. The van der Waals surface area contributed by atoms with E-state index in [1.165, 1.54) is 155 Å². The monoisotopic (exact) mass is 703 g/mol. The molecule has 1 fully saturated rings. The Hall–Kier alpha value is -1.66. The molecule has 50 heavy (non-hydrogen) atoms. The van der Waals surface area contributed by atoms with Gasteiger partial charge in [0.1, 0.15) is 13.2 Å². The molecular formula is C44H82N2O4.